The zero-order valence-corrected chi connectivity index (χ0v) is 19.7. The lowest BCUT2D eigenvalue weighted by Gasteiger charge is -2.36. The predicted octanol–water partition coefficient (Wildman–Crippen LogP) is 2.68. The first-order chi connectivity index (χ1) is 16.3. The summed E-state index contributed by atoms with van der Waals surface area (Å²) in [5.41, 5.74) is 2.23. The molecule has 0 aromatic heterocycles. The van der Waals surface area contributed by atoms with Crippen LogP contribution in [0.1, 0.15) is 19.3 Å². The molecule has 1 N–H and O–H groups in total. The van der Waals surface area contributed by atoms with Gasteiger partial charge in [0.1, 0.15) is 5.75 Å². The number of carbonyl (C=O) groups excluding carboxylic acids is 1. The van der Waals surface area contributed by atoms with E-state index in [2.05, 4.69) is 9.62 Å². The number of nitro benzene ring substituents is 1. The molecule has 2 aliphatic rings. The van der Waals surface area contributed by atoms with Crippen LogP contribution in [0.2, 0.25) is 0 Å². The molecule has 0 aliphatic carbocycles. The fourth-order valence-corrected chi connectivity index (χ4v) is 5.45. The summed E-state index contributed by atoms with van der Waals surface area (Å²) >= 11 is 0. The minimum Gasteiger partial charge on any atom is -0.372 e. The standard InChI is InChI=1S/C23H29N5O5S/c29-23(27-15-13-26(14-16-27)21-5-4-6-22(17-21)28(30)31)18-34(32,33)24-19-7-9-20(10-8-19)25-11-2-1-3-12-25/h4-10,17,24H,1-3,11-16,18H2. The number of non-ortho nitro benzene ring substituents is 1. The molecule has 2 saturated heterocycles. The molecule has 2 aliphatic heterocycles. The summed E-state index contributed by atoms with van der Waals surface area (Å²) in [6.07, 6.45) is 3.57. The highest BCUT2D eigenvalue weighted by Gasteiger charge is 2.26. The number of nitrogens with one attached hydrogen (secondary N) is 1. The molecule has 2 aromatic rings. The maximum atomic E-state index is 12.6. The van der Waals surface area contributed by atoms with Crippen molar-refractivity contribution in [3.8, 4) is 0 Å². The Morgan fingerprint density at radius 3 is 2.18 bits per heavy atom. The highest BCUT2D eigenvalue weighted by molar-refractivity contribution is 7.93. The Labute approximate surface area is 199 Å². The third kappa shape index (κ3) is 5.96. The highest BCUT2D eigenvalue weighted by Crippen LogP contribution is 2.24. The fraction of sp³-hybridized carbons (Fsp3) is 0.435. The molecule has 34 heavy (non-hydrogen) atoms. The molecule has 0 atom stereocenters. The van der Waals surface area contributed by atoms with Crippen LogP contribution in [-0.4, -0.2) is 69.2 Å². The molecule has 0 spiro atoms. The normalized spacial score (nSPS) is 16.9. The van der Waals surface area contributed by atoms with Gasteiger partial charge in [0.15, 0.2) is 0 Å². The van der Waals surface area contributed by atoms with Crippen LogP contribution in [-0.2, 0) is 14.8 Å². The Kier molecular flexibility index (Phi) is 7.20. The van der Waals surface area contributed by atoms with Crippen LogP contribution in [0, 0.1) is 10.1 Å². The van der Waals surface area contributed by atoms with E-state index >= 15 is 0 Å². The number of rotatable bonds is 7. The number of hydrogen-bond acceptors (Lipinski definition) is 7. The fourth-order valence-electron chi connectivity index (χ4n) is 4.38. The van der Waals surface area contributed by atoms with Gasteiger partial charge in [0.2, 0.25) is 15.9 Å². The third-order valence-electron chi connectivity index (χ3n) is 6.21. The molecule has 2 aromatic carbocycles. The van der Waals surface area contributed by atoms with Crippen molar-refractivity contribution < 1.29 is 18.1 Å². The topological polar surface area (TPSA) is 116 Å². The number of nitro groups is 1. The Morgan fingerprint density at radius 1 is 0.882 bits per heavy atom. The van der Waals surface area contributed by atoms with Crippen molar-refractivity contribution in [2.45, 2.75) is 19.3 Å². The van der Waals surface area contributed by atoms with Gasteiger partial charge < -0.3 is 14.7 Å². The summed E-state index contributed by atoms with van der Waals surface area (Å²) in [7, 11) is -3.85. The second-order valence-electron chi connectivity index (χ2n) is 8.60. The summed E-state index contributed by atoms with van der Waals surface area (Å²) in [5.74, 6) is -1.09. The SMILES string of the molecule is O=C(CS(=O)(=O)Nc1ccc(N2CCCCC2)cc1)N1CCN(c2cccc([N+](=O)[O-])c2)CC1. The quantitative estimate of drug-likeness (QED) is 0.471. The average Bonchev–Trinajstić information content (AvgIpc) is 2.84. The van der Waals surface area contributed by atoms with Gasteiger partial charge in [-0.3, -0.25) is 19.6 Å². The van der Waals surface area contributed by atoms with Gasteiger partial charge in [0.05, 0.1) is 4.92 Å². The Bertz CT molecular complexity index is 1120. The first-order valence-electron chi connectivity index (χ1n) is 11.4. The van der Waals surface area contributed by atoms with Gasteiger partial charge >= 0.3 is 0 Å². The molecule has 0 bridgehead atoms. The third-order valence-corrected chi connectivity index (χ3v) is 7.39. The Balaban J connectivity index is 1.29. The predicted molar refractivity (Wildman–Crippen MR) is 132 cm³/mol. The molecule has 0 saturated carbocycles. The van der Waals surface area contributed by atoms with Crippen LogP contribution in [0.25, 0.3) is 0 Å². The summed E-state index contributed by atoms with van der Waals surface area (Å²) < 4.78 is 27.7. The van der Waals surface area contributed by atoms with E-state index in [4.69, 9.17) is 0 Å². The van der Waals surface area contributed by atoms with Crippen molar-refractivity contribution in [1.29, 1.82) is 0 Å². The van der Waals surface area contributed by atoms with Gasteiger partial charge in [0, 0.05) is 68.5 Å². The second kappa shape index (κ2) is 10.3. The van der Waals surface area contributed by atoms with Crippen LogP contribution >= 0.6 is 0 Å². The van der Waals surface area contributed by atoms with E-state index in [0.717, 1.165) is 31.6 Å². The number of hydrogen-bond donors (Lipinski definition) is 1. The lowest BCUT2D eigenvalue weighted by Crippen LogP contribution is -2.50. The molecule has 4 rings (SSSR count). The van der Waals surface area contributed by atoms with E-state index in [-0.39, 0.29) is 5.69 Å². The van der Waals surface area contributed by atoms with Crippen LogP contribution in [0.15, 0.2) is 48.5 Å². The zero-order chi connectivity index (χ0) is 24.1. The number of anilines is 3. The van der Waals surface area contributed by atoms with E-state index < -0.39 is 26.6 Å². The number of benzene rings is 2. The maximum absolute atomic E-state index is 12.6. The molecule has 10 nitrogen and oxygen atoms in total. The van der Waals surface area contributed by atoms with Gasteiger partial charge in [-0.1, -0.05) is 6.07 Å². The molecule has 2 heterocycles. The Morgan fingerprint density at radius 2 is 1.53 bits per heavy atom. The van der Waals surface area contributed by atoms with E-state index in [1.807, 2.05) is 17.0 Å². The van der Waals surface area contributed by atoms with Crippen LogP contribution in [0.4, 0.5) is 22.7 Å². The monoisotopic (exact) mass is 487 g/mol. The lowest BCUT2D eigenvalue weighted by atomic mass is 10.1. The van der Waals surface area contributed by atoms with Crippen molar-refractivity contribution in [3.63, 3.8) is 0 Å². The van der Waals surface area contributed by atoms with Crippen molar-refractivity contribution >= 4 is 38.7 Å². The summed E-state index contributed by atoms with van der Waals surface area (Å²) in [6.45, 7) is 3.65. The lowest BCUT2D eigenvalue weighted by molar-refractivity contribution is -0.384. The minimum absolute atomic E-state index is 0.0112. The smallest absolute Gasteiger partial charge is 0.271 e. The largest absolute Gasteiger partial charge is 0.372 e. The van der Waals surface area contributed by atoms with E-state index in [1.165, 1.54) is 23.5 Å². The zero-order valence-electron chi connectivity index (χ0n) is 18.9. The van der Waals surface area contributed by atoms with Gasteiger partial charge in [-0.15, -0.1) is 0 Å². The summed E-state index contributed by atoms with van der Waals surface area (Å²) in [5, 5.41) is 11.0. The molecular formula is C23H29N5O5S. The molecular weight excluding hydrogens is 458 g/mol. The second-order valence-corrected chi connectivity index (χ2v) is 10.3. The van der Waals surface area contributed by atoms with Crippen LogP contribution in [0.3, 0.4) is 0 Å². The number of sulfonamides is 1. The number of piperazine rings is 1. The molecule has 0 unspecified atom stereocenters. The minimum atomic E-state index is -3.85. The number of piperidine rings is 1. The summed E-state index contributed by atoms with van der Waals surface area (Å²) in [6, 6.07) is 13.6. The highest BCUT2D eigenvalue weighted by atomic mass is 32.2. The van der Waals surface area contributed by atoms with E-state index in [9.17, 15) is 23.3 Å². The van der Waals surface area contributed by atoms with E-state index in [0.29, 0.717) is 37.6 Å². The first-order valence-corrected chi connectivity index (χ1v) is 13.1. The van der Waals surface area contributed by atoms with Crippen molar-refractivity contribution in [2.24, 2.45) is 0 Å². The molecule has 2 fully saturated rings. The molecule has 0 radical (unpaired) electrons. The number of carbonyl (C=O) groups is 1. The van der Waals surface area contributed by atoms with Crippen molar-refractivity contribution in [3.05, 3.63) is 58.6 Å². The summed E-state index contributed by atoms with van der Waals surface area (Å²) in [4.78, 5) is 29.0. The molecule has 11 heteroatoms. The molecule has 1 amide bonds. The van der Waals surface area contributed by atoms with Crippen LogP contribution < -0.4 is 14.5 Å². The first kappa shape index (κ1) is 23.8. The van der Waals surface area contributed by atoms with Crippen molar-refractivity contribution in [2.75, 3.05) is 59.5 Å². The van der Waals surface area contributed by atoms with Gasteiger partial charge in [-0.2, -0.15) is 0 Å². The number of amides is 1. The van der Waals surface area contributed by atoms with E-state index in [1.54, 1.807) is 24.3 Å². The van der Waals surface area contributed by atoms with Crippen LogP contribution in [0.5, 0.6) is 0 Å². The van der Waals surface area contributed by atoms with Gasteiger partial charge in [0.25, 0.3) is 5.69 Å². The maximum Gasteiger partial charge on any atom is 0.271 e. The Hall–Kier alpha value is -3.34. The van der Waals surface area contributed by atoms with Gasteiger partial charge in [-0.25, -0.2) is 8.42 Å². The molecule has 182 valence electrons. The van der Waals surface area contributed by atoms with Gasteiger partial charge in [-0.05, 0) is 49.6 Å². The van der Waals surface area contributed by atoms with Crippen molar-refractivity contribution in [1.82, 2.24) is 4.90 Å². The average molecular weight is 488 g/mol. The number of nitrogens with zero attached hydrogens (tertiary/aromatic N) is 4.